The lowest BCUT2D eigenvalue weighted by atomic mass is 10.1. The second kappa shape index (κ2) is 5.96. The second-order valence-corrected chi connectivity index (χ2v) is 3.73. The van der Waals surface area contributed by atoms with E-state index in [4.69, 9.17) is 0 Å². The van der Waals surface area contributed by atoms with Crippen LogP contribution in [-0.2, 0) is 6.42 Å². The van der Waals surface area contributed by atoms with Crippen molar-refractivity contribution in [2.75, 3.05) is 11.9 Å². The topological polar surface area (TPSA) is 12.0 Å². The number of hydrogen-bond donors (Lipinski definition) is 1. The molecule has 0 unspecified atom stereocenters. The maximum absolute atomic E-state index is 3.36. The molecule has 0 heterocycles. The zero-order chi connectivity index (χ0) is 11.1. The fraction of sp³-hybridized carbons (Fsp3) is 0.133. The Labute approximate surface area is 97.1 Å². The summed E-state index contributed by atoms with van der Waals surface area (Å²) in [5, 5.41) is 3.36. The summed E-state index contributed by atoms with van der Waals surface area (Å²) in [6.45, 7) is 0.902. The highest BCUT2D eigenvalue weighted by molar-refractivity contribution is 5.42. The monoisotopic (exact) mass is 210 g/mol. The van der Waals surface area contributed by atoms with Crippen LogP contribution in [-0.4, -0.2) is 6.54 Å². The van der Waals surface area contributed by atoms with E-state index < -0.39 is 0 Å². The third kappa shape index (κ3) is 3.43. The molecule has 0 aliphatic heterocycles. The van der Waals surface area contributed by atoms with Crippen LogP contribution in [0, 0.1) is 6.42 Å². The van der Waals surface area contributed by atoms with Crippen LogP contribution in [0.2, 0.25) is 0 Å². The predicted molar refractivity (Wildman–Crippen MR) is 69.4 cm³/mol. The summed E-state index contributed by atoms with van der Waals surface area (Å²) in [4.78, 5) is 0. The van der Waals surface area contributed by atoms with Gasteiger partial charge in [-0.2, -0.15) is 0 Å². The van der Waals surface area contributed by atoms with E-state index in [9.17, 15) is 0 Å². The van der Waals surface area contributed by atoms with Crippen molar-refractivity contribution >= 4 is 5.69 Å². The second-order valence-electron chi connectivity index (χ2n) is 3.73. The Morgan fingerprint density at radius 2 is 1.44 bits per heavy atom. The molecule has 0 aliphatic carbocycles. The van der Waals surface area contributed by atoms with Crippen molar-refractivity contribution in [2.45, 2.75) is 6.42 Å². The van der Waals surface area contributed by atoms with E-state index in [-0.39, 0.29) is 0 Å². The minimum absolute atomic E-state index is 0.902. The largest absolute Gasteiger partial charge is 0.385 e. The van der Waals surface area contributed by atoms with Crippen molar-refractivity contribution in [1.82, 2.24) is 0 Å². The number of nitrogens with one attached hydrogen (secondary N) is 1. The van der Waals surface area contributed by atoms with E-state index in [0.717, 1.165) is 13.0 Å². The van der Waals surface area contributed by atoms with Gasteiger partial charge in [0.25, 0.3) is 0 Å². The number of para-hydroxylation sites is 1. The van der Waals surface area contributed by atoms with E-state index >= 15 is 0 Å². The van der Waals surface area contributed by atoms with E-state index in [0.29, 0.717) is 0 Å². The van der Waals surface area contributed by atoms with Crippen LogP contribution in [0.1, 0.15) is 5.56 Å². The molecule has 0 saturated carbocycles. The third-order valence-corrected chi connectivity index (χ3v) is 2.45. The minimum atomic E-state index is 0.902. The lowest BCUT2D eigenvalue weighted by molar-refractivity contribution is 1.07. The molecule has 0 amide bonds. The summed E-state index contributed by atoms with van der Waals surface area (Å²) < 4.78 is 0. The maximum Gasteiger partial charge on any atom is 0.0340 e. The van der Waals surface area contributed by atoms with Gasteiger partial charge < -0.3 is 5.32 Å². The molecule has 81 valence electrons. The van der Waals surface area contributed by atoms with Gasteiger partial charge in [0.05, 0.1) is 0 Å². The number of rotatable bonds is 5. The summed E-state index contributed by atoms with van der Waals surface area (Å²) in [5.74, 6) is 0. The zero-order valence-corrected chi connectivity index (χ0v) is 9.27. The minimum Gasteiger partial charge on any atom is -0.385 e. The van der Waals surface area contributed by atoms with E-state index in [1.165, 1.54) is 11.3 Å². The van der Waals surface area contributed by atoms with Gasteiger partial charge in [-0.25, -0.2) is 0 Å². The van der Waals surface area contributed by atoms with Crippen LogP contribution in [0.3, 0.4) is 0 Å². The standard InChI is InChI=1S/C15H16N/c1-3-8-14(9-4-1)10-7-13-16-15-11-5-2-6-12-15/h1-9,11-12,16H,10,13H2. The van der Waals surface area contributed by atoms with Gasteiger partial charge in [-0.1, -0.05) is 48.5 Å². The highest BCUT2D eigenvalue weighted by Gasteiger charge is 1.92. The van der Waals surface area contributed by atoms with Crippen LogP contribution >= 0.6 is 0 Å². The Morgan fingerprint density at radius 1 is 0.812 bits per heavy atom. The molecule has 1 N–H and O–H groups in total. The van der Waals surface area contributed by atoms with Gasteiger partial charge in [-0.05, 0) is 30.5 Å². The van der Waals surface area contributed by atoms with Crippen molar-refractivity contribution in [1.29, 1.82) is 0 Å². The molecular weight excluding hydrogens is 194 g/mol. The van der Waals surface area contributed by atoms with Crippen molar-refractivity contribution in [2.24, 2.45) is 0 Å². The molecule has 0 atom stereocenters. The van der Waals surface area contributed by atoms with Gasteiger partial charge in [-0.15, -0.1) is 0 Å². The number of anilines is 1. The molecule has 16 heavy (non-hydrogen) atoms. The fourth-order valence-electron chi connectivity index (χ4n) is 1.60. The average molecular weight is 210 g/mol. The van der Waals surface area contributed by atoms with E-state index in [2.05, 4.69) is 48.1 Å². The molecule has 0 aromatic heterocycles. The SMILES string of the molecule is [CH](CNc1ccccc1)Cc1ccccc1. The lowest BCUT2D eigenvalue weighted by Gasteiger charge is -2.05. The Morgan fingerprint density at radius 3 is 2.12 bits per heavy atom. The van der Waals surface area contributed by atoms with Crippen molar-refractivity contribution in [3.63, 3.8) is 0 Å². The van der Waals surface area contributed by atoms with Gasteiger partial charge in [0.1, 0.15) is 0 Å². The number of benzene rings is 2. The highest BCUT2D eigenvalue weighted by atomic mass is 14.9. The maximum atomic E-state index is 3.36. The molecule has 0 aliphatic rings. The van der Waals surface area contributed by atoms with Crippen molar-refractivity contribution in [3.05, 3.63) is 72.6 Å². The van der Waals surface area contributed by atoms with E-state index in [1.807, 2.05) is 24.3 Å². The summed E-state index contributed by atoms with van der Waals surface area (Å²) in [6.07, 6.45) is 3.27. The number of hydrogen-bond acceptors (Lipinski definition) is 1. The molecule has 0 spiro atoms. The smallest absolute Gasteiger partial charge is 0.0340 e. The van der Waals surface area contributed by atoms with Crippen LogP contribution in [0.4, 0.5) is 5.69 Å². The summed E-state index contributed by atoms with van der Waals surface area (Å²) >= 11 is 0. The first-order chi connectivity index (χ1) is 7.95. The Hall–Kier alpha value is -1.76. The molecule has 2 aromatic rings. The van der Waals surface area contributed by atoms with Crippen LogP contribution in [0.5, 0.6) is 0 Å². The van der Waals surface area contributed by atoms with Crippen LogP contribution in [0.25, 0.3) is 0 Å². The first kappa shape index (κ1) is 10.7. The van der Waals surface area contributed by atoms with Gasteiger partial charge >= 0.3 is 0 Å². The first-order valence-corrected chi connectivity index (χ1v) is 5.59. The average Bonchev–Trinajstić information content (AvgIpc) is 2.37. The Bertz CT molecular complexity index is 353. The van der Waals surface area contributed by atoms with Gasteiger partial charge in [0.2, 0.25) is 0 Å². The first-order valence-electron chi connectivity index (χ1n) is 5.59. The molecule has 2 aromatic carbocycles. The third-order valence-electron chi connectivity index (χ3n) is 2.45. The Kier molecular flexibility index (Phi) is 4.00. The highest BCUT2D eigenvalue weighted by Crippen LogP contribution is 2.06. The molecule has 0 fully saturated rings. The molecule has 1 radical (unpaired) electrons. The Balaban J connectivity index is 1.70. The van der Waals surface area contributed by atoms with Gasteiger partial charge in [-0.3, -0.25) is 0 Å². The lowest BCUT2D eigenvalue weighted by Crippen LogP contribution is -2.03. The normalized spacial score (nSPS) is 10.0. The molecule has 1 heteroatoms. The van der Waals surface area contributed by atoms with E-state index in [1.54, 1.807) is 0 Å². The van der Waals surface area contributed by atoms with Crippen molar-refractivity contribution < 1.29 is 0 Å². The summed E-state index contributed by atoms with van der Waals surface area (Å²) in [6, 6.07) is 20.8. The van der Waals surface area contributed by atoms with Crippen LogP contribution < -0.4 is 5.32 Å². The van der Waals surface area contributed by atoms with Crippen molar-refractivity contribution in [3.8, 4) is 0 Å². The zero-order valence-electron chi connectivity index (χ0n) is 9.27. The molecule has 1 nitrogen and oxygen atoms in total. The quantitative estimate of drug-likeness (QED) is 0.744. The molecular formula is C15H16N. The molecule has 0 saturated heterocycles. The summed E-state index contributed by atoms with van der Waals surface area (Å²) in [7, 11) is 0. The predicted octanol–water partition coefficient (Wildman–Crippen LogP) is 3.55. The summed E-state index contributed by atoms with van der Waals surface area (Å²) in [5.41, 5.74) is 2.53. The van der Waals surface area contributed by atoms with Gasteiger partial charge in [0, 0.05) is 12.2 Å². The van der Waals surface area contributed by atoms with Crippen LogP contribution in [0.15, 0.2) is 60.7 Å². The van der Waals surface area contributed by atoms with Gasteiger partial charge in [0.15, 0.2) is 0 Å². The molecule has 2 rings (SSSR count). The molecule has 0 bridgehead atoms. The fourth-order valence-corrected chi connectivity index (χ4v) is 1.60.